The molecule has 0 saturated heterocycles. The van der Waals surface area contributed by atoms with Gasteiger partial charge in [0.2, 0.25) is 5.78 Å². The summed E-state index contributed by atoms with van der Waals surface area (Å²) in [5.74, 6) is 0.627. The molecule has 188 valence electrons. The van der Waals surface area contributed by atoms with Crippen molar-refractivity contribution in [2.24, 2.45) is 0 Å². The Morgan fingerprint density at radius 3 is 1.85 bits per heavy atom. The second kappa shape index (κ2) is 10.5. The highest BCUT2D eigenvalue weighted by atomic mass is 16.6. The van der Waals surface area contributed by atoms with Crippen LogP contribution in [0.5, 0.6) is 11.5 Å². The number of ketones is 1. The van der Waals surface area contributed by atoms with Gasteiger partial charge in [-0.05, 0) is 59.2 Å². The lowest BCUT2D eigenvalue weighted by atomic mass is 10.0. The Morgan fingerprint density at radius 1 is 0.667 bits per heavy atom. The first-order valence-electron chi connectivity index (χ1n) is 12.5. The number of carbonyl (C=O) groups is 2. The van der Waals surface area contributed by atoms with E-state index in [1.807, 2.05) is 103 Å². The molecule has 39 heavy (non-hydrogen) atoms. The number of hydrogen-bond donors (Lipinski definition) is 0. The van der Waals surface area contributed by atoms with Gasteiger partial charge in [0, 0.05) is 6.07 Å². The van der Waals surface area contributed by atoms with Crippen LogP contribution in [0.2, 0.25) is 0 Å². The van der Waals surface area contributed by atoms with Gasteiger partial charge in [-0.3, -0.25) is 4.79 Å². The zero-order valence-electron chi connectivity index (χ0n) is 20.9. The Labute approximate surface area is 226 Å². The Kier molecular flexibility index (Phi) is 6.46. The largest absolute Gasteiger partial charge is 0.452 e. The smallest absolute Gasteiger partial charge is 0.424 e. The molecule has 1 aliphatic heterocycles. The highest BCUT2D eigenvalue weighted by molar-refractivity contribution is 6.14. The van der Waals surface area contributed by atoms with E-state index in [0.717, 1.165) is 16.7 Å². The van der Waals surface area contributed by atoms with Crippen LogP contribution in [0.15, 0.2) is 139 Å². The SMILES string of the molecule is O=C1C(=Cc2ccc(-c3ccccc3)cc2)Oc2cc(OC(=O)N(c3ccccc3)c3ccccc3)ccc21. The van der Waals surface area contributed by atoms with Crippen molar-refractivity contribution in [1.29, 1.82) is 0 Å². The number of benzene rings is 5. The summed E-state index contributed by atoms with van der Waals surface area (Å²) in [6, 6.07) is 41.3. The number of para-hydroxylation sites is 2. The Morgan fingerprint density at radius 2 is 1.23 bits per heavy atom. The van der Waals surface area contributed by atoms with E-state index in [1.54, 1.807) is 24.3 Å². The second-order valence-corrected chi connectivity index (χ2v) is 8.96. The fourth-order valence-electron chi connectivity index (χ4n) is 4.44. The number of hydrogen-bond acceptors (Lipinski definition) is 4. The number of fused-ring (bicyclic) bond motifs is 1. The van der Waals surface area contributed by atoms with Gasteiger partial charge in [-0.2, -0.15) is 0 Å². The number of nitrogens with zero attached hydrogens (tertiary/aromatic N) is 1. The molecule has 1 aliphatic rings. The van der Waals surface area contributed by atoms with Crippen molar-refractivity contribution in [3.05, 3.63) is 150 Å². The monoisotopic (exact) mass is 509 g/mol. The molecule has 6 rings (SSSR count). The number of ether oxygens (including phenoxy) is 2. The number of carbonyl (C=O) groups excluding carboxylic acids is 2. The van der Waals surface area contributed by atoms with Crippen LogP contribution in [0.4, 0.5) is 16.2 Å². The van der Waals surface area contributed by atoms with Crippen LogP contribution < -0.4 is 14.4 Å². The summed E-state index contributed by atoms with van der Waals surface area (Å²) >= 11 is 0. The molecule has 5 aromatic rings. The van der Waals surface area contributed by atoms with Crippen molar-refractivity contribution in [3.8, 4) is 22.6 Å². The molecule has 1 heterocycles. The minimum atomic E-state index is -0.578. The molecule has 0 N–H and O–H groups in total. The standard InChI is InChI=1S/C34H23NO4/c36-33-30-21-20-29(38-34(37)35(27-12-6-2-7-13-27)28-14-8-3-9-15-28)23-31(30)39-32(33)22-24-16-18-26(19-17-24)25-10-4-1-5-11-25/h1-23H. The number of Topliss-reactive ketones (excluding diaryl/α,β-unsaturated/α-hetero) is 1. The summed E-state index contributed by atoms with van der Waals surface area (Å²) in [6.07, 6.45) is 1.14. The molecule has 1 amide bonds. The maximum absolute atomic E-state index is 13.3. The van der Waals surface area contributed by atoms with Crippen LogP contribution in [0.3, 0.4) is 0 Å². The zero-order chi connectivity index (χ0) is 26.6. The average Bonchev–Trinajstić information content (AvgIpc) is 3.29. The van der Waals surface area contributed by atoms with Crippen LogP contribution in [-0.4, -0.2) is 11.9 Å². The van der Waals surface area contributed by atoms with Crippen LogP contribution >= 0.6 is 0 Å². The van der Waals surface area contributed by atoms with E-state index in [4.69, 9.17) is 9.47 Å². The Hall–Kier alpha value is -5.42. The lowest BCUT2D eigenvalue weighted by molar-refractivity contribution is 0.101. The first-order chi connectivity index (χ1) is 19.2. The molecule has 0 bridgehead atoms. The van der Waals surface area contributed by atoms with E-state index >= 15 is 0 Å². The maximum atomic E-state index is 13.3. The van der Waals surface area contributed by atoms with Crippen LogP contribution in [0, 0.1) is 0 Å². The van der Waals surface area contributed by atoms with Gasteiger partial charge in [0.15, 0.2) is 5.76 Å². The van der Waals surface area contributed by atoms with Crippen LogP contribution in [0.1, 0.15) is 15.9 Å². The molecule has 0 atom stereocenters. The predicted octanol–water partition coefficient (Wildman–Crippen LogP) is 8.31. The van der Waals surface area contributed by atoms with E-state index in [1.165, 1.54) is 4.90 Å². The van der Waals surface area contributed by atoms with E-state index in [0.29, 0.717) is 22.7 Å². The van der Waals surface area contributed by atoms with Crippen molar-refractivity contribution in [1.82, 2.24) is 0 Å². The lowest BCUT2D eigenvalue weighted by Gasteiger charge is -2.22. The van der Waals surface area contributed by atoms with E-state index < -0.39 is 6.09 Å². The van der Waals surface area contributed by atoms with Gasteiger partial charge in [-0.15, -0.1) is 0 Å². The fourth-order valence-corrected chi connectivity index (χ4v) is 4.44. The Bertz CT molecular complexity index is 1620. The first kappa shape index (κ1) is 23.9. The summed E-state index contributed by atoms with van der Waals surface area (Å²) in [6.45, 7) is 0. The highest BCUT2D eigenvalue weighted by Crippen LogP contribution is 2.36. The molecule has 0 unspecified atom stereocenters. The van der Waals surface area contributed by atoms with Gasteiger partial charge in [0.25, 0.3) is 0 Å². The van der Waals surface area contributed by atoms with Crippen molar-refractivity contribution < 1.29 is 19.1 Å². The molecule has 0 radical (unpaired) electrons. The van der Waals surface area contributed by atoms with Crippen molar-refractivity contribution in [3.63, 3.8) is 0 Å². The topological polar surface area (TPSA) is 55.8 Å². The number of allylic oxidation sites excluding steroid dienone is 1. The minimum absolute atomic E-state index is 0.217. The molecule has 0 spiro atoms. The number of rotatable bonds is 5. The summed E-state index contributed by atoms with van der Waals surface area (Å²) < 4.78 is 11.6. The van der Waals surface area contributed by atoms with Crippen molar-refractivity contribution >= 4 is 29.3 Å². The van der Waals surface area contributed by atoms with Gasteiger partial charge in [-0.25, -0.2) is 9.69 Å². The van der Waals surface area contributed by atoms with Gasteiger partial charge in [-0.1, -0.05) is 91.0 Å². The Balaban J connectivity index is 1.21. The molecule has 0 saturated carbocycles. The number of amides is 1. The summed E-state index contributed by atoms with van der Waals surface area (Å²) in [5, 5.41) is 0. The van der Waals surface area contributed by atoms with E-state index in [-0.39, 0.29) is 17.3 Å². The van der Waals surface area contributed by atoms with Crippen molar-refractivity contribution in [2.75, 3.05) is 4.90 Å². The molecule has 0 aliphatic carbocycles. The summed E-state index contributed by atoms with van der Waals surface area (Å²) in [4.78, 5) is 27.8. The molecule has 0 aromatic heterocycles. The fraction of sp³-hybridized carbons (Fsp3) is 0. The summed E-state index contributed by atoms with van der Waals surface area (Å²) in [5.41, 5.74) is 4.82. The lowest BCUT2D eigenvalue weighted by Crippen LogP contribution is -2.29. The number of anilines is 2. The van der Waals surface area contributed by atoms with Crippen LogP contribution in [0.25, 0.3) is 17.2 Å². The maximum Gasteiger partial charge on any atom is 0.424 e. The van der Waals surface area contributed by atoms with Gasteiger partial charge < -0.3 is 9.47 Å². The van der Waals surface area contributed by atoms with Crippen LogP contribution in [-0.2, 0) is 0 Å². The minimum Gasteiger partial charge on any atom is -0.452 e. The third kappa shape index (κ3) is 5.06. The predicted molar refractivity (Wildman–Crippen MR) is 152 cm³/mol. The van der Waals surface area contributed by atoms with E-state index in [9.17, 15) is 9.59 Å². The zero-order valence-corrected chi connectivity index (χ0v) is 20.9. The highest BCUT2D eigenvalue weighted by Gasteiger charge is 2.28. The van der Waals surface area contributed by atoms with Gasteiger partial charge in [0.05, 0.1) is 16.9 Å². The van der Waals surface area contributed by atoms with Crippen molar-refractivity contribution in [2.45, 2.75) is 0 Å². The molecule has 5 nitrogen and oxygen atoms in total. The van der Waals surface area contributed by atoms with Gasteiger partial charge in [0.1, 0.15) is 11.5 Å². The third-order valence-corrected chi connectivity index (χ3v) is 6.37. The normalized spacial score (nSPS) is 13.0. The third-order valence-electron chi connectivity index (χ3n) is 6.37. The quantitative estimate of drug-likeness (QED) is 0.224. The molecule has 5 heteroatoms. The average molecular weight is 510 g/mol. The first-order valence-corrected chi connectivity index (χ1v) is 12.5. The molecular formula is C34H23NO4. The van der Waals surface area contributed by atoms with E-state index in [2.05, 4.69) is 12.1 Å². The summed E-state index contributed by atoms with van der Waals surface area (Å²) in [7, 11) is 0. The molecule has 5 aromatic carbocycles. The van der Waals surface area contributed by atoms with Gasteiger partial charge >= 0.3 is 6.09 Å². The molecular weight excluding hydrogens is 486 g/mol. The molecule has 0 fully saturated rings. The second-order valence-electron chi connectivity index (χ2n) is 8.96.